The van der Waals surface area contributed by atoms with Crippen molar-refractivity contribution in [2.24, 2.45) is 0 Å². The van der Waals surface area contributed by atoms with Gasteiger partial charge in [-0.2, -0.15) is 0 Å². The molecule has 0 radical (unpaired) electrons. The molecule has 1 atom stereocenters. The Morgan fingerprint density at radius 1 is 1.05 bits per heavy atom. The van der Waals surface area contributed by atoms with E-state index in [-0.39, 0.29) is 11.8 Å². The van der Waals surface area contributed by atoms with Gasteiger partial charge in [0.2, 0.25) is 0 Å². The van der Waals surface area contributed by atoms with E-state index in [0.717, 1.165) is 16.9 Å². The lowest BCUT2D eigenvalue weighted by Crippen LogP contribution is -2.18. The maximum Gasteiger partial charge on any atom is 0.162 e. The van der Waals surface area contributed by atoms with Crippen molar-refractivity contribution >= 4 is 0 Å². The summed E-state index contributed by atoms with van der Waals surface area (Å²) in [5.74, 6) is 1.53. The summed E-state index contributed by atoms with van der Waals surface area (Å²) in [6.45, 7) is 2.65. The van der Waals surface area contributed by atoms with E-state index in [1.165, 1.54) is 0 Å². The minimum atomic E-state index is 0.168. The van der Waals surface area contributed by atoms with Gasteiger partial charge in [-0.05, 0) is 30.7 Å². The number of benzene rings is 2. The van der Waals surface area contributed by atoms with Gasteiger partial charge in [-0.25, -0.2) is 0 Å². The van der Waals surface area contributed by atoms with E-state index < -0.39 is 0 Å². The second kappa shape index (κ2) is 6.99. The molecule has 2 aromatic carbocycles. The quantitative estimate of drug-likeness (QED) is 0.856. The topological polar surface area (TPSA) is 50.7 Å². The molecule has 0 saturated carbocycles. The standard InChI is InChI=1S/C17H21NO3/c1-12(13-7-9-15(20-2)10-8-13)18-11-14-5-4-6-16(21-3)17(14)19/h4-10,12,18-19H,11H2,1-3H3/t12-/m0/s1. The SMILES string of the molecule is COc1ccc([C@H](C)NCc2cccc(OC)c2O)cc1. The fourth-order valence-electron chi connectivity index (χ4n) is 2.15. The van der Waals surface area contributed by atoms with Crippen molar-refractivity contribution in [3.63, 3.8) is 0 Å². The molecule has 0 aliphatic carbocycles. The van der Waals surface area contributed by atoms with E-state index in [4.69, 9.17) is 9.47 Å². The Balaban J connectivity index is 2.01. The Morgan fingerprint density at radius 2 is 1.76 bits per heavy atom. The number of phenols is 1. The molecule has 0 heterocycles. The molecule has 112 valence electrons. The van der Waals surface area contributed by atoms with Crippen molar-refractivity contribution in [1.82, 2.24) is 5.32 Å². The molecule has 0 aromatic heterocycles. The number of aromatic hydroxyl groups is 1. The van der Waals surface area contributed by atoms with Gasteiger partial charge in [0.1, 0.15) is 5.75 Å². The molecule has 0 aliphatic heterocycles. The molecule has 0 bridgehead atoms. The third-order valence-corrected chi connectivity index (χ3v) is 3.52. The normalized spacial score (nSPS) is 12.0. The molecule has 0 spiro atoms. The van der Waals surface area contributed by atoms with E-state index >= 15 is 0 Å². The predicted molar refractivity (Wildman–Crippen MR) is 82.9 cm³/mol. The smallest absolute Gasteiger partial charge is 0.162 e. The van der Waals surface area contributed by atoms with Gasteiger partial charge in [0.05, 0.1) is 14.2 Å². The first-order valence-electron chi connectivity index (χ1n) is 6.88. The number of hydrogen-bond donors (Lipinski definition) is 2. The van der Waals surface area contributed by atoms with Crippen molar-refractivity contribution < 1.29 is 14.6 Å². The van der Waals surface area contributed by atoms with Crippen LogP contribution in [0.1, 0.15) is 24.1 Å². The minimum absolute atomic E-state index is 0.168. The highest BCUT2D eigenvalue weighted by Gasteiger charge is 2.09. The Kier molecular flexibility index (Phi) is 5.06. The van der Waals surface area contributed by atoms with E-state index in [2.05, 4.69) is 12.2 Å². The molecular formula is C17H21NO3. The number of para-hydroxylation sites is 1. The number of phenolic OH excluding ortho intramolecular Hbond substituents is 1. The van der Waals surface area contributed by atoms with Gasteiger partial charge in [0.25, 0.3) is 0 Å². The number of rotatable bonds is 6. The van der Waals surface area contributed by atoms with Crippen LogP contribution in [0.3, 0.4) is 0 Å². The molecule has 2 N–H and O–H groups in total. The summed E-state index contributed by atoms with van der Waals surface area (Å²) < 4.78 is 10.3. The van der Waals surface area contributed by atoms with Crippen LogP contribution in [-0.4, -0.2) is 19.3 Å². The summed E-state index contributed by atoms with van der Waals surface area (Å²) in [6.07, 6.45) is 0. The molecule has 4 heteroatoms. The maximum absolute atomic E-state index is 10.1. The summed E-state index contributed by atoms with van der Waals surface area (Å²) in [7, 11) is 3.20. The summed E-state index contributed by atoms with van der Waals surface area (Å²) >= 11 is 0. The maximum atomic E-state index is 10.1. The monoisotopic (exact) mass is 287 g/mol. The van der Waals surface area contributed by atoms with Crippen molar-refractivity contribution in [3.05, 3.63) is 53.6 Å². The summed E-state index contributed by atoms with van der Waals surface area (Å²) in [6, 6.07) is 13.6. The first kappa shape index (κ1) is 15.2. The lowest BCUT2D eigenvalue weighted by atomic mass is 10.1. The third kappa shape index (κ3) is 3.67. The second-order valence-corrected chi connectivity index (χ2v) is 4.84. The predicted octanol–water partition coefficient (Wildman–Crippen LogP) is 3.26. The van der Waals surface area contributed by atoms with Gasteiger partial charge in [-0.3, -0.25) is 0 Å². The highest BCUT2D eigenvalue weighted by atomic mass is 16.5. The largest absolute Gasteiger partial charge is 0.504 e. The zero-order valence-corrected chi connectivity index (χ0v) is 12.6. The summed E-state index contributed by atoms with van der Waals surface area (Å²) in [5.41, 5.74) is 1.98. The molecule has 2 rings (SSSR count). The summed E-state index contributed by atoms with van der Waals surface area (Å²) in [5, 5.41) is 13.4. The van der Waals surface area contributed by atoms with Crippen LogP contribution in [-0.2, 0) is 6.54 Å². The van der Waals surface area contributed by atoms with Gasteiger partial charge >= 0.3 is 0 Å². The van der Waals surface area contributed by atoms with Gasteiger partial charge in [-0.15, -0.1) is 0 Å². The van der Waals surface area contributed by atoms with Crippen LogP contribution in [0.2, 0.25) is 0 Å². The van der Waals surface area contributed by atoms with Crippen LogP contribution in [0.4, 0.5) is 0 Å². The van der Waals surface area contributed by atoms with Gasteiger partial charge < -0.3 is 19.9 Å². The highest BCUT2D eigenvalue weighted by Crippen LogP contribution is 2.29. The lowest BCUT2D eigenvalue weighted by Gasteiger charge is -2.16. The molecular weight excluding hydrogens is 266 g/mol. The first-order chi connectivity index (χ1) is 10.2. The molecule has 0 aliphatic rings. The molecule has 0 unspecified atom stereocenters. The fourth-order valence-corrected chi connectivity index (χ4v) is 2.15. The average Bonchev–Trinajstić information content (AvgIpc) is 2.53. The first-order valence-corrected chi connectivity index (χ1v) is 6.88. The number of nitrogens with one attached hydrogen (secondary N) is 1. The molecule has 0 amide bonds. The lowest BCUT2D eigenvalue weighted by molar-refractivity contribution is 0.369. The van der Waals surface area contributed by atoms with Gasteiger partial charge in [0.15, 0.2) is 11.5 Å². The molecule has 21 heavy (non-hydrogen) atoms. The van der Waals surface area contributed by atoms with Crippen molar-refractivity contribution in [2.45, 2.75) is 19.5 Å². The van der Waals surface area contributed by atoms with Crippen molar-refractivity contribution in [2.75, 3.05) is 14.2 Å². The van der Waals surface area contributed by atoms with Gasteiger partial charge in [-0.1, -0.05) is 24.3 Å². The highest BCUT2D eigenvalue weighted by molar-refractivity contribution is 5.45. The third-order valence-electron chi connectivity index (χ3n) is 3.52. The van der Waals surface area contributed by atoms with Gasteiger partial charge in [0, 0.05) is 18.2 Å². The van der Waals surface area contributed by atoms with Crippen molar-refractivity contribution in [3.8, 4) is 17.2 Å². The fraction of sp³-hybridized carbons (Fsp3) is 0.294. The number of ether oxygens (including phenoxy) is 2. The number of hydrogen-bond acceptors (Lipinski definition) is 4. The Morgan fingerprint density at radius 3 is 2.38 bits per heavy atom. The molecule has 4 nitrogen and oxygen atoms in total. The van der Waals surface area contributed by atoms with Crippen LogP contribution in [0, 0.1) is 0 Å². The van der Waals surface area contributed by atoms with Crippen LogP contribution in [0.5, 0.6) is 17.2 Å². The zero-order valence-electron chi connectivity index (χ0n) is 12.6. The van der Waals surface area contributed by atoms with Crippen LogP contribution in [0.25, 0.3) is 0 Å². The van der Waals surface area contributed by atoms with Crippen molar-refractivity contribution in [1.29, 1.82) is 0 Å². The minimum Gasteiger partial charge on any atom is -0.504 e. The zero-order chi connectivity index (χ0) is 15.2. The van der Waals surface area contributed by atoms with Crippen LogP contribution in [0.15, 0.2) is 42.5 Å². The Hall–Kier alpha value is -2.20. The van der Waals surface area contributed by atoms with E-state index in [9.17, 15) is 5.11 Å². The Labute approximate surface area is 125 Å². The molecule has 0 fully saturated rings. The Bertz CT molecular complexity index is 581. The summed E-state index contributed by atoms with van der Waals surface area (Å²) in [4.78, 5) is 0. The van der Waals surface area contributed by atoms with E-state index in [0.29, 0.717) is 12.3 Å². The second-order valence-electron chi connectivity index (χ2n) is 4.84. The molecule has 0 saturated heterocycles. The van der Waals surface area contributed by atoms with E-state index in [1.807, 2.05) is 36.4 Å². The number of methoxy groups -OCH3 is 2. The van der Waals surface area contributed by atoms with Crippen LogP contribution >= 0.6 is 0 Å². The molecule has 2 aromatic rings. The van der Waals surface area contributed by atoms with E-state index in [1.54, 1.807) is 20.3 Å². The average molecular weight is 287 g/mol. The van der Waals surface area contributed by atoms with Crippen LogP contribution < -0.4 is 14.8 Å².